The normalized spacial score (nSPS) is 13.5. The van der Waals surface area contributed by atoms with E-state index in [0.717, 1.165) is 46.6 Å². The maximum absolute atomic E-state index is 13.4. The van der Waals surface area contributed by atoms with Crippen molar-refractivity contribution in [2.24, 2.45) is 0 Å². The van der Waals surface area contributed by atoms with E-state index in [0.29, 0.717) is 5.56 Å². The first-order chi connectivity index (χ1) is 14.5. The monoisotopic (exact) mass is 398 g/mol. The van der Waals surface area contributed by atoms with Crippen molar-refractivity contribution in [1.29, 1.82) is 0 Å². The second-order valence-corrected chi connectivity index (χ2v) is 8.37. The molecule has 0 aliphatic carbocycles. The first-order valence-corrected chi connectivity index (χ1v) is 10.8. The van der Waals surface area contributed by atoms with Crippen molar-refractivity contribution in [3.05, 3.63) is 82.4 Å². The lowest BCUT2D eigenvalue weighted by Crippen LogP contribution is -2.22. The van der Waals surface area contributed by atoms with Gasteiger partial charge in [-0.2, -0.15) is 0 Å². The van der Waals surface area contributed by atoms with Crippen LogP contribution in [0.5, 0.6) is 0 Å². The summed E-state index contributed by atoms with van der Waals surface area (Å²) in [7, 11) is 0. The molecule has 0 bridgehead atoms. The second kappa shape index (κ2) is 8.35. The van der Waals surface area contributed by atoms with Gasteiger partial charge in [0.1, 0.15) is 0 Å². The molecule has 1 N–H and O–H groups in total. The topological polar surface area (TPSA) is 32.3 Å². The number of rotatable bonds is 4. The molecule has 4 rings (SSSR count). The Labute approximate surface area is 179 Å². The zero-order valence-electron chi connectivity index (χ0n) is 18.4. The molecule has 154 valence electrons. The predicted molar refractivity (Wildman–Crippen MR) is 127 cm³/mol. The van der Waals surface area contributed by atoms with Gasteiger partial charge in [-0.3, -0.25) is 4.79 Å². The highest BCUT2D eigenvalue weighted by Crippen LogP contribution is 2.36. The van der Waals surface area contributed by atoms with Gasteiger partial charge >= 0.3 is 0 Å². The maximum atomic E-state index is 13.4. The minimum absolute atomic E-state index is 0.0590. The standard InChI is InChI=1S/C27H30N2O/c1-18-11-5-6-12-22(18)23-13-7-8-14-24(23)27(30)28-25-19(2)17-20(3)26(21(25)4)29-15-9-10-16-29/h5-8,11-14,17H,9-10,15-16H2,1-4H3,(H,28,30). The summed E-state index contributed by atoms with van der Waals surface area (Å²) in [5.74, 6) is -0.0590. The lowest BCUT2D eigenvalue weighted by atomic mass is 9.95. The number of hydrogen-bond acceptors (Lipinski definition) is 2. The summed E-state index contributed by atoms with van der Waals surface area (Å²) in [6.07, 6.45) is 2.47. The number of carbonyl (C=O) groups is 1. The minimum Gasteiger partial charge on any atom is -0.371 e. The van der Waals surface area contributed by atoms with Crippen LogP contribution in [0.2, 0.25) is 0 Å². The zero-order chi connectivity index (χ0) is 21.3. The van der Waals surface area contributed by atoms with Crippen molar-refractivity contribution < 1.29 is 4.79 Å². The van der Waals surface area contributed by atoms with E-state index in [4.69, 9.17) is 0 Å². The van der Waals surface area contributed by atoms with Crippen LogP contribution in [-0.4, -0.2) is 19.0 Å². The van der Waals surface area contributed by atoms with Crippen LogP contribution in [-0.2, 0) is 0 Å². The first-order valence-electron chi connectivity index (χ1n) is 10.8. The number of nitrogens with zero attached hydrogens (tertiary/aromatic N) is 1. The maximum Gasteiger partial charge on any atom is 0.256 e. The van der Waals surface area contributed by atoms with E-state index in [1.54, 1.807) is 0 Å². The summed E-state index contributed by atoms with van der Waals surface area (Å²) in [5, 5.41) is 3.25. The Kier molecular flexibility index (Phi) is 5.63. The van der Waals surface area contributed by atoms with E-state index < -0.39 is 0 Å². The summed E-state index contributed by atoms with van der Waals surface area (Å²) in [5.41, 5.74) is 9.70. The van der Waals surface area contributed by atoms with Crippen LogP contribution in [0.1, 0.15) is 45.5 Å². The van der Waals surface area contributed by atoms with E-state index in [9.17, 15) is 4.79 Å². The fourth-order valence-corrected chi connectivity index (χ4v) is 4.77. The van der Waals surface area contributed by atoms with Crippen LogP contribution >= 0.6 is 0 Å². The lowest BCUT2D eigenvalue weighted by Gasteiger charge is -2.26. The van der Waals surface area contributed by atoms with Crippen LogP contribution in [0.25, 0.3) is 11.1 Å². The molecule has 3 aromatic rings. The van der Waals surface area contributed by atoms with Crippen molar-refractivity contribution in [3.8, 4) is 11.1 Å². The molecule has 0 unspecified atom stereocenters. The Morgan fingerprint density at radius 3 is 2.13 bits per heavy atom. The molecule has 0 spiro atoms. The highest BCUT2D eigenvalue weighted by Gasteiger charge is 2.21. The van der Waals surface area contributed by atoms with E-state index in [1.807, 2.05) is 36.4 Å². The predicted octanol–water partition coefficient (Wildman–Crippen LogP) is 6.44. The minimum atomic E-state index is -0.0590. The van der Waals surface area contributed by atoms with Gasteiger partial charge in [0.2, 0.25) is 0 Å². The first kappa shape index (κ1) is 20.2. The Balaban J connectivity index is 1.72. The Hall–Kier alpha value is -3.07. The largest absolute Gasteiger partial charge is 0.371 e. The van der Waals surface area contributed by atoms with Crippen molar-refractivity contribution >= 4 is 17.3 Å². The molecule has 1 aliphatic heterocycles. The third-order valence-electron chi connectivity index (χ3n) is 6.20. The van der Waals surface area contributed by atoms with Gasteiger partial charge in [-0.05, 0) is 80.0 Å². The molecule has 0 saturated carbocycles. The van der Waals surface area contributed by atoms with Crippen molar-refractivity contribution in [2.45, 2.75) is 40.5 Å². The molecule has 30 heavy (non-hydrogen) atoms. The molecule has 1 heterocycles. The number of carbonyl (C=O) groups excluding carboxylic acids is 1. The molecule has 3 nitrogen and oxygen atoms in total. The molecule has 1 amide bonds. The average molecular weight is 399 g/mol. The van der Waals surface area contributed by atoms with Gasteiger partial charge in [-0.1, -0.05) is 48.5 Å². The van der Waals surface area contributed by atoms with Gasteiger partial charge in [-0.25, -0.2) is 0 Å². The molecule has 1 fully saturated rings. The highest BCUT2D eigenvalue weighted by atomic mass is 16.1. The summed E-state index contributed by atoms with van der Waals surface area (Å²) in [4.78, 5) is 15.9. The van der Waals surface area contributed by atoms with Gasteiger partial charge < -0.3 is 10.2 Å². The summed E-state index contributed by atoms with van der Waals surface area (Å²) in [6, 6.07) is 18.3. The Morgan fingerprint density at radius 2 is 1.43 bits per heavy atom. The van der Waals surface area contributed by atoms with Crippen LogP contribution in [0.15, 0.2) is 54.6 Å². The van der Waals surface area contributed by atoms with Crippen LogP contribution in [0.3, 0.4) is 0 Å². The van der Waals surface area contributed by atoms with Gasteiger partial charge in [-0.15, -0.1) is 0 Å². The fraction of sp³-hybridized carbons (Fsp3) is 0.296. The number of aryl methyl sites for hydroxylation is 3. The smallest absolute Gasteiger partial charge is 0.256 e. The molecule has 1 aliphatic rings. The number of anilines is 2. The number of benzene rings is 3. The van der Waals surface area contributed by atoms with Crippen molar-refractivity contribution in [1.82, 2.24) is 0 Å². The summed E-state index contributed by atoms with van der Waals surface area (Å²) >= 11 is 0. The molecular weight excluding hydrogens is 368 g/mol. The van der Waals surface area contributed by atoms with E-state index in [2.05, 4.69) is 56.1 Å². The molecule has 1 saturated heterocycles. The molecule has 0 radical (unpaired) electrons. The van der Waals surface area contributed by atoms with Crippen molar-refractivity contribution in [3.63, 3.8) is 0 Å². The summed E-state index contributed by atoms with van der Waals surface area (Å²) < 4.78 is 0. The van der Waals surface area contributed by atoms with Gasteiger partial charge in [0, 0.05) is 30.0 Å². The van der Waals surface area contributed by atoms with Crippen LogP contribution < -0.4 is 10.2 Å². The number of hydrogen-bond donors (Lipinski definition) is 1. The van der Waals surface area contributed by atoms with Crippen LogP contribution in [0, 0.1) is 27.7 Å². The van der Waals surface area contributed by atoms with E-state index in [1.165, 1.54) is 24.1 Å². The van der Waals surface area contributed by atoms with Crippen LogP contribution in [0.4, 0.5) is 11.4 Å². The number of nitrogens with one attached hydrogen (secondary N) is 1. The third-order valence-corrected chi connectivity index (χ3v) is 6.20. The second-order valence-electron chi connectivity index (χ2n) is 8.37. The number of amides is 1. The summed E-state index contributed by atoms with van der Waals surface area (Å²) in [6.45, 7) is 10.7. The van der Waals surface area contributed by atoms with Crippen molar-refractivity contribution in [2.75, 3.05) is 23.3 Å². The lowest BCUT2D eigenvalue weighted by molar-refractivity contribution is 0.102. The molecular formula is C27H30N2O. The van der Waals surface area contributed by atoms with E-state index in [-0.39, 0.29) is 5.91 Å². The highest BCUT2D eigenvalue weighted by molar-refractivity contribution is 6.09. The Bertz CT molecular complexity index is 1090. The van der Waals surface area contributed by atoms with Gasteiger partial charge in [0.25, 0.3) is 5.91 Å². The molecule has 0 atom stereocenters. The van der Waals surface area contributed by atoms with E-state index >= 15 is 0 Å². The third kappa shape index (κ3) is 3.72. The van der Waals surface area contributed by atoms with Gasteiger partial charge in [0.05, 0.1) is 0 Å². The average Bonchev–Trinajstić information content (AvgIpc) is 3.25. The molecule has 3 aromatic carbocycles. The Morgan fingerprint density at radius 1 is 0.800 bits per heavy atom. The molecule has 0 aromatic heterocycles. The fourth-order valence-electron chi connectivity index (χ4n) is 4.77. The zero-order valence-corrected chi connectivity index (χ0v) is 18.4. The quantitative estimate of drug-likeness (QED) is 0.548. The molecule has 3 heteroatoms. The van der Waals surface area contributed by atoms with Gasteiger partial charge in [0.15, 0.2) is 0 Å². The SMILES string of the molecule is Cc1ccccc1-c1ccccc1C(=O)Nc1c(C)cc(C)c(N2CCCC2)c1C.